The summed E-state index contributed by atoms with van der Waals surface area (Å²) >= 11 is 0. The van der Waals surface area contributed by atoms with Gasteiger partial charge >= 0.3 is 0 Å². The van der Waals surface area contributed by atoms with E-state index in [1.807, 2.05) is 18.4 Å². The van der Waals surface area contributed by atoms with Crippen molar-refractivity contribution in [3.05, 3.63) is 107 Å². The van der Waals surface area contributed by atoms with Crippen molar-refractivity contribution in [1.29, 1.82) is 0 Å². The first kappa shape index (κ1) is 29.2. The third kappa shape index (κ3) is 7.35. The van der Waals surface area contributed by atoms with Crippen LogP contribution in [-0.4, -0.2) is 29.9 Å². The number of hydrogen-bond donors (Lipinski definition) is 2. The minimum absolute atomic E-state index is 0.0226. The molecular weight excluding hydrogens is 466 g/mol. The highest BCUT2D eigenvalue weighted by Crippen LogP contribution is 2.36. The molecule has 0 radical (unpaired) electrons. The van der Waals surface area contributed by atoms with Crippen molar-refractivity contribution in [1.82, 2.24) is 15.5 Å². The fourth-order valence-electron chi connectivity index (χ4n) is 4.98. The van der Waals surface area contributed by atoms with Crippen LogP contribution in [0.4, 0.5) is 0 Å². The van der Waals surface area contributed by atoms with Gasteiger partial charge in [0.1, 0.15) is 0 Å². The van der Waals surface area contributed by atoms with E-state index < -0.39 is 0 Å². The van der Waals surface area contributed by atoms with Crippen LogP contribution in [0.15, 0.2) is 95.5 Å². The lowest BCUT2D eigenvalue weighted by Gasteiger charge is -2.29. The van der Waals surface area contributed by atoms with Gasteiger partial charge in [0.05, 0.1) is 0 Å². The van der Waals surface area contributed by atoms with Gasteiger partial charge in [0, 0.05) is 29.2 Å². The molecule has 202 valence electrons. The highest BCUT2D eigenvalue weighted by molar-refractivity contribution is 5.97. The normalized spacial score (nSPS) is 17.7. The third-order valence-electron chi connectivity index (χ3n) is 7.25. The number of piperidine rings is 1. The Morgan fingerprint density at radius 2 is 1.79 bits per heavy atom. The predicted octanol–water partition coefficient (Wildman–Crippen LogP) is 7.67. The fourth-order valence-corrected chi connectivity index (χ4v) is 4.98. The van der Waals surface area contributed by atoms with Crippen LogP contribution in [0.3, 0.4) is 0 Å². The first-order valence-electron chi connectivity index (χ1n) is 13.9. The van der Waals surface area contributed by atoms with E-state index in [-0.39, 0.29) is 11.9 Å². The Labute approximate surface area is 230 Å². The Kier molecular flexibility index (Phi) is 10.7. The standard InChI is InChI=1S/C34H45N3O/c1-8-12-31(33-14-11-10-13-32(33)30(25(5)9-2)16-15-24(3)4)27(7)37-22-19-28(23-26(37)6)34(38)36-29-17-20-35-21-18-29/h9-11,13-16,19,22-23,29,35H,6,8,12,17-18,20-21H2,1-5,7H3,(H,36,38)/b25-9-,30-16+,31-27+. The zero-order chi connectivity index (χ0) is 27.7. The van der Waals surface area contributed by atoms with E-state index in [2.05, 4.69) is 106 Å². The summed E-state index contributed by atoms with van der Waals surface area (Å²) < 4.78 is 0. The van der Waals surface area contributed by atoms with Gasteiger partial charge in [-0.1, -0.05) is 68.0 Å². The van der Waals surface area contributed by atoms with Gasteiger partial charge in [-0.15, -0.1) is 0 Å². The number of benzene rings is 1. The molecule has 2 aliphatic rings. The number of carbonyl (C=O) groups excluding carboxylic acids is 1. The first-order valence-corrected chi connectivity index (χ1v) is 13.9. The highest BCUT2D eigenvalue weighted by Gasteiger charge is 2.22. The Hall–Kier alpha value is -3.37. The molecule has 1 aromatic carbocycles. The number of amides is 1. The monoisotopic (exact) mass is 511 g/mol. The van der Waals surface area contributed by atoms with Crippen molar-refractivity contribution in [2.24, 2.45) is 0 Å². The second kappa shape index (κ2) is 14.0. The lowest BCUT2D eigenvalue weighted by Crippen LogP contribution is -2.43. The molecule has 1 aromatic rings. The zero-order valence-corrected chi connectivity index (χ0v) is 24.2. The highest BCUT2D eigenvalue weighted by atomic mass is 16.1. The van der Waals surface area contributed by atoms with Crippen LogP contribution in [-0.2, 0) is 4.79 Å². The lowest BCUT2D eigenvalue weighted by molar-refractivity contribution is -0.118. The van der Waals surface area contributed by atoms with Gasteiger partial charge in [-0.05, 0) is 107 Å². The fraction of sp³-hybridized carbons (Fsp3) is 0.382. The number of carbonyl (C=O) groups is 1. The maximum Gasteiger partial charge on any atom is 0.251 e. The molecule has 2 N–H and O–H groups in total. The molecule has 0 atom stereocenters. The molecule has 0 bridgehead atoms. The van der Waals surface area contributed by atoms with Crippen molar-refractivity contribution >= 4 is 17.1 Å². The Bertz CT molecular complexity index is 1210. The van der Waals surface area contributed by atoms with Gasteiger partial charge in [-0.3, -0.25) is 4.79 Å². The molecule has 1 saturated heterocycles. The summed E-state index contributed by atoms with van der Waals surface area (Å²) in [7, 11) is 0. The summed E-state index contributed by atoms with van der Waals surface area (Å²) in [4.78, 5) is 15.0. The SMILES string of the molecule is C=C1C=C(C(=O)NC2CCNCC2)C=CN1/C(C)=C(\CCC)c1ccccc1C(=C/C=C(C)C)/C(C)=C\C. The molecule has 1 fully saturated rings. The van der Waals surface area contributed by atoms with Crippen LogP contribution in [0.5, 0.6) is 0 Å². The molecule has 0 unspecified atom stereocenters. The van der Waals surface area contributed by atoms with Crippen LogP contribution in [0.25, 0.3) is 11.1 Å². The molecule has 0 aromatic heterocycles. The molecule has 38 heavy (non-hydrogen) atoms. The summed E-state index contributed by atoms with van der Waals surface area (Å²) in [5, 5.41) is 6.54. The van der Waals surface area contributed by atoms with Gasteiger partial charge in [-0.25, -0.2) is 0 Å². The molecule has 2 aliphatic heterocycles. The molecule has 0 aliphatic carbocycles. The number of nitrogens with zero attached hydrogens (tertiary/aromatic N) is 1. The van der Waals surface area contributed by atoms with Gasteiger partial charge in [0.15, 0.2) is 0 Å². The molecule has 0 spiro atoms. The van der Waals surface area contributed by atoms with Crippen molar-refractivity contribution in [3.8, 4) is 0 Å². The van der Waals surface area contributed by atoms with E-state index in [0.29, 0.717) is 5.57 Å². The van der Waals surface area contributed by atoms with Gasteiger partial charge in [-0.2, -0.15) is 0 Å². The van der Waals surface area contributed by atoms with E-state index in [9.17, 15) is 4.79 Å². The van der Waals surface area contributed by atoms with E-state index >= 15 is 0 Å². The van der Waals surface area contributed by atoms with Crippen LogP contribution in [0.2, 0.25) is 0 Å². The Morgan fingerprint density at radius 3 is 2.39 bits per heavy atom. The maximum atomic E-state index is 12.9. The molecule has 1 amide bonds. The van der Waals surface area contributed by atoms with Crippen molar-refractivity contribution < 1.29 is 4.79 Å². The first-order chi connectivity index (χ1) is 18.3. The molecule has 2 heterocycles. The smallest absolute Gasteiger partial charge is 0.251 e. The third-order valence-corrected chi connectivity index (χ3v) is 7.25. The van der Waals surface area contributed by atoms with Crippen LogP contribution in [0, 0.1) is 0 Å². The van der Waals surface area contributed by atoms with E-state index in [1.54, 1.807) is 0 Å². The van der Waals surface area contributed by atoms with Crippen LogP contribution >= 0.6 is 0 Å². The Balaban J connectivity index is 1.97. The number of nitrogens with one attached hydrogen (secondary N) is 2. The van der Waals surface area contributed by atoms with Crippen molar-refractivity contribution in [3.63, 3.8) is 0 Å². The molecule has 0 saturated carbocycles. The second-order valence-corrected chi connectivity index (χ2v) is 10.4. The summed E-state index contributed by atoms with van der Waals surface area (Å²) in [5.41, 5.74) is 10.1. The van der Waals surface area contributed by atoms with Crippen molar-refractivity contribution in [2.75, 3.05) is 13.1 Å². The molecular formula is C34H45N3O. The lowest BCUT2D eigenvalue weighted by atomic mass is 9.87. The summed E-state index contributed by atoms with van der Waals surface area (Å²) in [6.45, 7) is 19.1. The van der Waals surface area contributed by atoms with Gasteiger partial charge in [0.2, 0.25) is 0 Å². The van der Waals surface area contributed by atoms with Crippen molar-refractivity contribution in [2.45, 2.75) is 73.3 Å². The van der Waals surface area contributed by atoms with Crippen LogP contribution < -0.4 is 10.6 Å². The molecule has 4 heteroatoms. The number of rotatable bonds is 9. The zero-order valence-electron chi connectivity index (χ0n) is 24.2. The van der Waals surface area contributed by atoms with Gasteiger partial charge in [0.25, 0.3) is 5.91 Å². The molecule has 4 nitrogen and oxygen atoms in total. The summed E-state index contributed by atoms with van der Waals surface area (Å²) in [5.74, 6) is -0.0226. The average Bonchev–Trinajstić information content (AvgIpc) is 2.92. The second-order valence-electron chi connectivity index (χ2n) is 10.4. The Morgan fingerprint density at radius 1 is 1.11 bits per heavy atom. The topological polar surface area (TPSA) is 44.4 Å². The number of hydrogen-bond acceptors (Lipinski definition) is 3. The number of allylic oxidation sites excluding steroid dienone is 9. The van der Waals surface area contributed by atoms with E-state index in [4.69, 9.17) is 0 Å². The van der Waals surface area contributed by atoms with Crippen LogP contribution in [0.1, 0.15) is 78.4 Å². The largest absolute Gasteiger partial charge is 0.349 e. The average molecular weight is 512 g/mol. The van der Waals surface area contributed by atoms with E-state index in [1.165, 1.54) is 33.4 Å². The molecule has 3 rings (SSSR count). The maximum absolute atomic E-state index is 12.9. The summed E-state index contributed by atoms with van der Waals surface area (Å²) in [6.07, 6.45) is 16.3. The predicted molar refractivity (Wildman–Crippen MR) is 163 cm³/mol. The summed E-state index contributed by atoms with van der Waals surface area (Å²) in [6, 6.07) is 8.92. The van der Waals surface area contributed by atoms with Gasteiger partial charge < -0.3 is 15.5 Å². The van der Waals surface area contributed by atoms with E-state index in [0.717, 1.165) is 50.2 Å². The quantitative estimate of drug-likeness (QED) is 0.334. The minimum atomic E-state index is -0.0226. The minimum Gasteiger partial charge on any atom is -0.349 e.